The Hall–Kier alpha value is -2.11. The minimum Gasteiger partial charge on any atom is -0.338 e. The molecule has 0 bridgehead atoms. The van der Waals surface area contributed by atoms with Crippen LogP contribution < -0.4 is 0 Å². The standard InChI is InChI=1S/C14H19N5O/c1-17-8-12(6-15-17)11-4-3-5-19(10-11)14(20)13-7-16-18(2)9-13/h6-9,11H,3-5,10H2,1-2H3. The van der Waals surface area contributed by atoms with Crippen LogP contribution in [0.25, 0.3) is 0 Å². The molecule has 106 valence electrons. The Labute approximate surface area is 118 Å². The zero-order valence-corrected chi connectivity index (χ0v) is 11.9. The number of hydrogen-bond donors (Lipinski definition) is 0. The van der Waals surface area contributed by atoms with Gasteiger partial charge in [0.15, 0.2) is 0 Å². The topological polar surface area (TPSA) is 56.0 Å². The molecule has 0 saturated carbocycles. The van der Waals surface area contributed by atoms with Gasteiger partial charge in [0.05, 0.1) is 18.0 Å². The lowest BCUT2D eigenvalue weighted by molar-refractivity contribution is 0.0707. The van der Waals surface area contributed by atoms with Gasteiger partial charge in [-0.05, 0) is 18.4 Å². The monoisotopic (exact) mass is 273 g/mol. The Bertz CT molecular complexity index is 615. The average Bonchev–Trinajstić information content (AvgIpc) is 3.07. The molecule has 0 spiro atoms. The van der Waals surface area contributed by atoms with Gasteiger partial charge in [0.25, 0.3) is 5.91 Å². The summed E-state index contributed by atoms with van der Waals surface area (Å²) in [6.45, 7) is 1.59. The highest BCUT2D eigenvalue weighted by atomic mass is 16.2. The summed E-state index contributed by atoms with van der Waals surface area (Å²) in [5, 5.41) is 8.29. The van der Waals surface area contributed by atoms with Crippen molar-refractivity contribution < 1.29 is 4.79 Å². The van der Waals surface area contributed by atoms with Gasteiger partial charge in [0.1, 0.15) is 0 Å². The molecule has 1 aliphatic rings. The number of piperidine rings is 1. The third kappa shape index (κ3) is 2.45. The molecule has 6 heteroatoms. The van der Waals surface area contributed by atoms with Crippen molar-refractivity contribution in [3.63, 3.8) is 0 Å². The van der Waals surface area contributed by atoms with Crippen LogP contribution in [0.15, 0.2) is 24.8 Å². The quantitative estimate of drug-likeness (QED) is 0.825. The van der Waals surface area contributed by atoms with Gasteiger partial charge in [-0.3, -0.25) is 14.2 Å². The number of amides is 1. The molecule has 1 amide bonds. The van der Waals surface area contributed by atoms with E-state index in [0.29, 0.717) is 11.5 Å². The third-order valence-corrected chi connectivity index (χ3v) is 3.86. The van der Waals surface area contributed by atoms with E-state index in [9.17, 15) is 4.79 Å². The molecule has 3 heterocycles. The van der Waals surface area contributed by atoms with Gasteiger partial charge < -0.3 is 4.90 Å². The second kappa shape index (κ2) is 5.11. The van der Waals surface area contributed by atoms with Crippen LogP contribution in [-0.2, 0) is 14.1 Å². The zero-order valence-electron chi connectivity index (χ0n) is 11.9. The van der Waals surface area contributed by atoms with E-state index < -0.39 is 0 Å². The number of hydrogen-bond acceptors (Lipinski definition) is 3. The largest absolute Gasteiger partial charge is 0.338 e. The number of likely N-dealkylation sites (tertiary alicyclic amines) is 1. The number of nitrogens with zero attached hydrogens (tertiary/aromatic N) is 5. The summed E-state index contributed by atoms with van der Waals surface area (Å²) in [6.07, 6.45) is 9.51. The molecule has 1 unspecified atom stereocenters. The Morgan fingerprint density at radius 1 is 1.20 bits per heavy atom. The Morgan fingerprint density at radius 3 is 2.60 bits per heavy atom. The molecule has 0 N–H and O–H groups in total. The smallest absolute Gasteiger partial charge is 0.257 e. The summed E-state index contributed by atoms with van der Waals surface area (Å²) in [6, 6.07) is 0. The molecule has 0 aliphatic carbocycles. The highest BCUT2D eigenvalue weighted by molar-refractivity contribution is 5.93. The molecule has 0 aromatic carbocycles. The molecule has 1 atom stereocenters. The fourth-order valence-corrected chi connectivity index (χ4v) is 2.80. The van der Waals surface area contributed by atoms with Crippen LogP contribution >= 0.6 is 0 Å². The summed E-state index contributed by atoms with van der Waals surface area (Å²) in [4.78, 5) is 14.4. The van der Waals surface area contributed by atoms with E-state index in [1.807, 2.05) is 36.1 Å². The van der Waals surface area contributed by atoms with Gasteiger partial charge in [-0.2, -0.15) is 10.2 Å². The normalized spacial score (nSPS) is 19.3. The number of rotatable bonds is 2. The van der Waals surface area contributed by atoms with E-state index in [0.717, 1.165) is 25.9 Å². The molecule has 1 fully saturated rings. The van der Waals surface area contributed by atoms with Gasteiger partial charge >= 0.3 is 0 Å². The van der Waals surface area contributed by atoms with Crippen molar-refractivity contribution in [3.8, 4) is 0 Å². The molecular formula is C14H19N5O. The fourth-order valence-electron chi connectivity index (χ4n) is 2.80. The molecule has 1 saturated heterocycles. The Morgan fingerprint density at radius 2 is 1.95 bits per heavy atom. The lowest BCUT2D eigenvalue weighted by Crippen LogP contribution is -2.38. The van der Waals surface area contributed by atoms with E-state index in [4.69, 9.17) is 0 Å². The SMILES string of the molecule is Cn1cc(C(=O)N2CCCC(c3cnn(C)c3)C2)cn1. The molecule has 6 nitrogen and oxygen atoms in total. The maximum absolute atomic E-state index is 12.4. The van der Waals surface area contributed by atoms with Crippen LogP contribution in [0.2, 0.25) is 0 Å². The van der Waals surface area contributed by atoms with E-state index in [1.165, 1.54) is 5.56 Å². The first kappa shape index (κ1) is 12.9. The van der Waals surface area contributed by atoms with E-state index in [1.54, 1.807) is 17.1 Å². The van der Waals surface area contributed by atoms with Crippen molar-refractivity contribution >= 4 is 5.91 Å². The third-order valence-electron chi connectivity index (χ3n) is 3.86. The maximum atomic E-state index is 12.4. The number of aryl methyl sites for hydroxylation is 2. The van der Waals surface area contributed by atoms with Crippen LogP contribution in [0.1, 0.15) is 34.7 Å². The van der Waals surface area contributed by atoms with E-state index >= 15 is 0 Å². The molecule has 3 rings (SSSR count). The van der Waals surface area contributed by atoms with Crippen LogP contribution in [0, 0.1) is 0 Å². The number of aromatic nitrogens is 4. The van der Waals surface area contributed by atoms with Gasteiger partial charge in [0, 0.05) is 45.5 Å². The van der Waals surface area contributed by atoms with Crippen molar-refractivity contribution in [1.29, 1.82) is 0 Å². The average molecular weight is 273 g/mol. The van der Waals surface area contributed by atoms with E-state index in [2.05, 4.69) is 10.2 Å². The molecule has 2 aromatic rings. The first-order chi connectivity index (χ1) is 9.63. The van der Waals surface area contributed by atoms with Gasteiger partial charge in [-0.15, -0.1) is 0 Å². The van der Waals surface area contributed by atoms with Crippen LogP contribution in [0.5, 0.6) is 0 Å². The predicted molar refractivity (Wildman–Crippen MR) is 74.3 cm³/mol. The van der Waals surface area contributed by atoms with Crippen LogP contribution in [0.3, 0.4) is 0 Å². The molecule has 0 radical (unpaired) electrons. The van der Waals surface area contributed by atoms with Gasteiger partial charge in [-0.1, -0.05) is 0 Å². The zero-order chi connectivity index (χ0) is 14.1. The molecule has 2 aromatic heterocycles. The second-order valence-corrected chi connectivity index (χ2v) is 5.44. The number of carbonyl (C=O) groups is 1. The lowest BCUT2D eigenvalue weighted by Gasteiger charge is -2.32. The highest BCUT2D eigenvalue weighted by Crippen LogP contribution is 2.27. The van der Waals surface area contributed by atoms with Crippen LogP contribution in [-0.4, -0.2) is 43.5 Å². The molecule has 1 aliphatic heterocycles. The van der Waals surface area contributed by atoms with Crippen molar-refractivity contribution in [1.82, 2.24) is 24.5 Å². The molecular weight excluding hydrogens is 254 g/mol. The maximum Gasteiger partial charge on any atom is 0.257 e. The summed E-state index contributed by atoms with van der Waals surface area (Å²) in [5.74, 6) is 0.463. The first-order valence-electron chi connectivity index (χ1n) is 6.90. The van der Waals surface area contributed by atoms with Crippen molar-refractivity contribution in [2.24, 2.45) is 14.1 Å². The Kier molecular flexibility index (Phi) is 3.30. The summed E-state index contributed by atoms with van der Waals surface area (Å²) in [5.41, 5.74) is 1.88. The molecule has 20 heavy (non-hydrogen) atoms. The second-order valence-electron chi connectivity index (χ2n) is 5.44. The van der Waals surface area contributed by atoms with Gasteiger partial charge in [0.2, 0.25) is 0 Å². The minimum absolute atomic E-state index is 0.0756. The fraction of sp³-hybridized carbons (Fsp3) is 0.500. The lowest BCUT2D eigenvalue weighted by atomic mass is 9.92. The minimum atomic E-state index is 0.0756. The highest BCUT2D eigenvalue weighted by Gasteiger charge is 2.26. The number of carbonyl (C=O) groups excluding carboxylic acids is 1. The van der Waals surface area contributed by atoms with Crippen molar-refractivity contribution in [3.05, 3.63) is 35.9 Å². The summed E-state index contributed by atoms with van der Waals surface area (Å²) in [7, 11) is 3.75. The summed E-state index contributed by atoms with van der Waals surface area (Å²) >= 11 is 0. The van der Waals surface area contributed by atoms with Gasteiger partial charge in [-0.25, -0.2) is 0 Å². The first-order valence-corrected chi connectivity index (χ1v) is 6.90. The Balaban J connectivity index is 1.73. The van der Waals surface area contributed by atoms with Crippen LogP contribution in [0.4, 0.5) is 0 Å². The summed E-state index contributed by atoms with van der Waals surface area (Å²) < 4.78 is 3.48. The van der Waals surface area contributed by atoms with E-state index in [-0.39, 0.29) is 5.91 Å². The predicted octanol–water partition coefficient (Wildman–Crippen LogP) is 1.17. The van der Waals surface area contributed by atoms with Crippen molar-refractivity contribution in [2.45, 2.75) is 18.8 Å². The van der Waals surface area contributed by atoms with Crippen molar-refractivity contribution in [2.75, 3.05) is 13.1 Å².